The predicted octanol–water partition coefficient (Wildman–Crippen LogP) is 0.948. The Bertz CT molecular complexity index is 752. The van der Waals surface area contributed by atoms with E-state index >= 15 is 0 Å². The van der Waals surface area contributed by atoms with Gasteiger partial charge in [0.1, 0.15) is 6.54 Å². The van der Waals surface area contributed by atoms with Gasteiger partial charge in [0.05, 0.1) is 36.7 Å². The molecular weight excluding hydrogens is 298 g/mol. The smallest absolute Gasteiger partial charge is 0.316 e. The maximum Gasteiger partial charge on any atom is 0.316 e. The molecule has 120 valence electrons. The number of carbonyl (C=O) groups is 1. The van der Waals surface area contributed by atoms with Crippen molar-refractivity contribution in [2.45, 2.75) is 32.2 Å². The van der Waals surface area contributed by atoms with Crippen LogP contribution >= 0.6 is 0 Å². The minimum Gasteiger partial charge on any atom is -0.464 e. The Kier molecular flexibility index (Phi) is 4.31. The first-order valence-electron chi connectivity index (χ1n) is 7.47. The number of hydrogen-bond acceptors (Lipinski definition) is 6. The molecule has 0 bridgehead atoms. The first kappa shape index (κ1) is 15.1. The van der Waals surface area contributed by atoms with Crippen LogP contribution in [0.2, 0.25) is 0 Å². The number of aromatic nitrogens is 4. The van der Waals surface area contributed by atoms with Crippen molar-refractivity contribution in [3.05, 3.63) is 40.8 Å². The molecule has 0 atom stereocenters. The largest absolute Gasteiger partial charge is 0.464 e. The van der Waals surface area contributed by atoms with Gasteiger partial charge in [-0.25, -0.2) is 15.0 Å². The van der Waals surface area contributed by atoms with E-state index in [1.165, 1.54) is 29.4 Å². The highest BCUT2D eigenvalue weighted by Crippen LogP contribution is 2.38. The second kappa shape index (κ2) is 6.55. The highest BCUT2D eigenvalue weighted by molar-refractivity contribution is 5.90. The summed E-state index contributed by atoms with van der Waals surface area (Å²) in [5.74, 6) is 0.0630. The van der Waals surface area contributed by atoms with Crippen LogP contribution in [0.1, 0.15) is 31.4 Å². The Morgan fingerprint density at radius 3 is 2.70 bits per heavy atom. The van der Waals surface area contributed by atoms with Gasteiger partial charge < -0.3 is 10.1 Å². The van der Waals surface area contributed by atoms with Crippen LogP contribution in [0, 0.1) is 0 Å². The van der Waals surface area contributed by atoms with E-state index in [9.17, 15) is 9.59 Å². The Morgan fingerprint density at radius 2 is 2.09 bits per heavy atom. The van der Waals surface area contributed by atoms with E-state index < -0.39 is 0 Å². The number of amides is 1. The highest BCUT2D eigenvalue weighted by Gasteiger charge is 2.25. The lowest BCUT2D eigenvalue weighted by Crippen LogP contribution is -2.27. The molecule has 1 aliphatic carbocycles. The molecule has 2 aromatic rings. The minimum atomic E-state index is -0.346. The summed E-state index contributed by atoms with van der Waals surface area (Å²) in [6.07, 6.45) is 6.48. The molecule has 0 radical (unpaired) electrons. The molecule has 3 rings (SSSR count). The molecular formula is C15H17N5O3. The molecule has 0 unspecified atom stereocenters. The zero-order valence-electron chi connectivity index (χ0n) is 12.7. The fraction of sp³-hybridized carbons (Fsp3) is 0.400. The van der Waals surface area contributed by atoms with Crippen LogP contribution in [-0.2, 0) is 11.3 Å². The van der Waals surface area contributed by atoms with E-state index in [1.54, 1.807) is 0 Å². The zero-order chi connectivity index (χ0) is 16.2. The number of ether oxygens (including phenoxy) is 1. The molecule has 0 spiro atoms. The molecule has 1 aliphatic rings. The lowest BCUT2D eigenvalue weighted by molar-refractivity contribution is -0.116. The summed E-state index contributed by atoms with van der Waals surface area (Å²) >= 11 is 0. The van der Waals surface area contributed by atoms with E-state index in [0.717, 1.165) is 18.5 Å². The molecule has 1 fully saturated rings. The van der Waals surface area contributed by atoms with Gasteiger partial charge in [-0.2, -0.15) is 0 Å². The third-order valence-electron chi connectivity index (χ3n) is 3.40. The topological polar surface area (TPSA) is 99.0 Å². The monoisotopic (exact) mass is 315 g/mol. The van der Waals surface area contributed by atoms with Gasteiger partial charge in [0.15, 0.2) is 0 Å². The standard InChI is InChI=1S/C15H17N5O3/c1-2-23-15-16-6-11(7-17-15)19-13(21)8-20-9-18-12(5-14(20)22)10-3-4-10/h5-7,9-10H,2-4,8H2,1H3,(H,19,21). The van der Waals surface area contributed by atoms with Gasteiger partial charge in [0, 0.05) is 12.0 Å². The quantitative estimate of drug-likeness (QED) is 0.852. The van der Waals surface area contributed by atoms with Crippen molar-refractivity contribution < 1.29 is 9.53 Å². The lowest BCUT2D eigenvalue weighted by Gasteiger charge is -2.07. The molecule has 8 heteroatoms. The van der Waals surface area contributed by atoms with Gasteiger partial charge in [0.25, 0.3) is 5.56 Å². The number of nitrogens with zero attached hydrogens (tertiary/aromatic N) is 4. The zero-order valence-corrected chi connectivity index (χ0v) is 12.7. The average Bonchev–Trinajstić information content (AvgIpc) is 3.36. The van der Waals surface area contributed by atoms with Crippen molar-refractivity contribution in [3.63, 3.8) is 0 Å². The highest BCUT2D eigenvalue weighted by atomic mass is 16.5. The number of nitrogens with one attached hydrogen (secondary N) is 1. The third kappa shape index (κ3) is 3.91. The summed E-state index contributed by atoms with van der Waals surface area (Å²) in [6, 6.07) is 1.76. The van der Waals surface area contributed by atoms with Crippen LogP contribution in [0.5, 0.6) is 6.01 Å². The Balaban J connectivity index is 1.61. The van der Waals surface area contributed by atoms with Crippen molar-refractivity contribution in [1.82, 2.24) is 19.5 Å². The second-order valence-corrected chi connectivity index (χ2v) is 5.29. The SMILES string of the molecule is CCOc1ncc(NC(=O)Cn2cnc(C3CC3)cc2=O)cn1. The summed E-state index contributed by atoms with van der Waals surface area (Å²) < 4.78 is 6.40. The first-order valence-corrected chi connectivity index (χ1v) is 7.47. The fourth-order valence-corrected chi connectivity index (χ4v) is 2.10. The summed E-state index contributed by atoms with van der Waals surface area (Å²) in [5, 5.41) is 2.63. The fourth-order valence-electron chi connectivity index (χ4n) is 2.10. The Morgan fingerprint density at radius 1 is 1.35 bits per heavy atom. The summed E-state index contributed by atoms with van der Waals surface area (Å²) in [4.78, 5) is 36.1. The van der Waals surface area contributed by atoms with Gasteiger partial charge >= 0.3 is 6.01 Å². The van der Waals surface area contributed by atoms with Crippen molar-refractivity contribution in [2.24, 2.45) is 0 Å². The van der Waals surface area contributed by atoms with E-state index in [4.69, 9.17) is 4.74 Å². The number of rotatable bonds is 6. The normalized spacial score (nSPS) is 13.6. The first-order chi connectivity index (χ1) is 11.2. The number of hydrogen-bond donors (Lipinski definition) is 1. The average molecular weight is 315 g/mol. The molecule has 0 aromatic carbocycles. The molecule has 0 aliphatic heterocycles. The number of carbonyl (C=O) groups excluding carboxylic acids is 1. The van der Waals surface area contributed by atoms with Crippen molar-refractivity contribution in [1.29, 1.82) is 0 Å². The third-order valence-corrected chi connectivity index (χ3v) is 3.40. The van der Waals surface area contributed by atoms with Crippen LogP contribution in [0.3, 0.4) is 0 Å². The van der Waals surface area contributed by atoms with Gasteiger partial charge in [0.2, 0.25) is 5.91 Å². The molecule has 2 heterocycles. The summed E-state index contributed by atoms with van der Waals surface area (Å²) in [7, 11) is 0. The van der Waals surface area contributed by atoms with Gasteiger partial charge in [-0.3, -0.25) is 14.2 Å². The van der Waals surface area contributed by atoms with Crippen LogP contribution in [0.25, 0.3) is 0 Å². The van der Waals surface area contributed by atoms with Gasteiger partial charge in [-0.15, -0.1) is 0 Å². The summed E-state index contributed by atoms with van der Waals surface area (Å²) in [5.41, 5.74) is 1.03. The van der Waals surface area contributed by atoms with E-state index in [0.29, 0.717) is 18.2 Å². The van der Waals surface area contributed by atoms with Crippen LogP contribution < -0.4 is 15.6 Å². The van der Waals surface area contributed by atoms with E-state index in [2.05, 4.69) is 20.3 Å². The molecule has 8 nitrogen and oxygen atoms in total. The van der Waals surface area contributed by atoms with Gasteiger partial charge in [-0.05, 0) is 19.8 Å². The number of anilines is 1. The van der Waals surface area contributed by atoms with Crippen LogP contribution in [-0.4, -0.2) is 32.0 Å². The van der Waals surface area contributed by atoms with Crippen LogP contribution in [0.4, 0.5) is 5.69 Å². The molecule has 0 saturated heterocycles. The van der Waals surface area contributed by atoms with Crippen molar-refractivity contribution >= 4 is 11.6 Å². The molecule has 1 saturated carbocycles. The lowest BCUT2D eigenvalue weighted by atomic mass is 10.3. The second-order valence-electron chi connectivity index (χ2n) is 5.29. The maximum absolute atomic E-state index is 12.0. The molecule has 1 N–H and O–H groups in total. The Labute approximate surface area is 132 Å². The van der Waals surface area contributed by atoms with Gasteiger partial charge in [-0.1, -0.05) is 0 Å². The molecule has 23 heavy (non-hydrogen) atoms. The maximum atomic E-state index is 12.0. The predicted molar refractivity (Wildman–Crippen MR) is 82.3 cm³/mol. The van der Waals surface area contributed by atoms with Crippen molar-refractivity contribution in [2.75, 3.05) is 11.9 Å². The minimum absolute atomic E-state index is 0.107. The Hall–Kier alpha value is -2.77. The molecule has 1 amide bonds. The summed E-state index contributed by atoms with van der Waals surface area (Å²) in [6.45, 7) is 2.20. The van der Waals surface area contributed by atoms with E-state index in [1.807, 2.05) is 6.92 Å². The van der Waals surface area contributed by atoms with Crippen LogP contribution in [0.15, 0.2) is 29.6 Å². The van der Waals surface area contributed by atoms with Crippen molar-refractivity contribution in [3.8, 4) is 6.01 Å². The van der Waals surface area contributed by atoms with E-state index in [-0.39, 0.29) is 24.0 Å². The molecule has 2 aromatic heterocycles.